The minimum Gasteiger partial charge on any atom is -0.496 e. The van der Waals surface area contributed by atoms with E-state index in [-0.39, 0.29) is 5.92 Å². The second-order valence-corrected chi connectivity index (χ2v) is 7.10. The van der Waals surface area contributed by atoms with Crippen LogP contribution < -0.4 is 4.74 Å². The molecule has 0 bridgehead atoms. The van der Waals surface area contributed by atoms with E-state index < -0.39 is 0 Å². The molecule has 1 aliphatic heterocycles. The van der Waals surface area contributed by atoms with Gasteiger partial charge in [-0.2, -0.15) is 0 Å². The van der Waals surface area contributed by atoms with Crippen molar-refractivity contribution < 1.29 is 9.53 Å². The zero-order chi connectivity index (χ0) is 16.9. The molecule has 1 fully saturated rings. The summed E-state index contributed by atoms with van der Waals surface area (Å²) in [5.41, 5.74) is 2.10. The first kappa shape index (κ1) is 17.2. The van der Waals surface area contributed by atoms with Gasteiger partial charge in [0.2, 0.25) is 0 Å². The van der Waals surface area contributed by atoms with Gasteiger partial charge in [-0.1, -0.05) is 36.4 Å². The number of ether oxygens (including phenoxy) is 1. The Morgan fingerprint density at radius 1 is 1.17 bits per heavy atom. The molecular weight excluding hydrogens is 366 g/mol. The molecule has 0 N–H and O–H groups in total. The first-order valence-corrected chi connectivity index (χ1v) is 9.10. The lowest BCUT2D eigenvalue weighted by molar-refractivity contribution is 0.0835. The molecule has 126 valence electrons. The first-order chi connectivity index (χ1) is 11.7. The molecule has 0 saturated carbocycles. The van der Waals surface area contributed by atoms with E-state index in [1.54, 1.807) is 7.11 Å². The molecule has 4 heteroatoms. The number of likely N-dealkylation sites (tertiary alicyclic amines) is 1. The highest BCUT2D eigenvalue weighted by Gasteiger charge is 2.25. The average Bonchev–Trinajstić information content (AvgIpc) is 2.63. The number of ketones is 1. The number of hydrogen-bond acceptors (Lipinski definition) is 3. The Hall–Kier alpha value is -1.65. The zero-order valence-corrected chi connectivity index (χ0v) is 15.5. The predicted octanol–water partition coefficient (Wildman–Crippen LogP) is 4.55. The lowest BCUT2D eigenvalue weighted by atomic mass is 9.89. The molecule has 0 amide bonds. The van der Waals surface area contributed by atoms with Crippen molar-refractivity contribution in [1.29, 1.82) is 0 Å². The van der Waals surface area contributed by atoms with E-state index in [0.29, 0.717) is 5.78 Å². The number of nitrogens with zero attached hydrogens (tertiary/aromatic N) is 1. The summed E-state index contributed by atoms with van der Waals surface area (Å²) in [6, 6.07) is 15.9. The summed E-state index contributed by atoms with van der Waals surface area (Å²) >= 11 is 3.54. The number of hydrogen-bond donors (Lipinski definition) is 0. The summed E-state index contributed by atoms with van der Waals surface area (Å²) in [7, 11) is 1.67. The summed E-state index contributed by atoms with van der Waals surface area (Å²) in [5, 5.41) is 0. The third-order valence-corrected chi connectivity index (χ3v) is 5.26. The maximum absolute atomic E-state index is 12.5. The van der Waals surface area contributed by atoms with Crippen LogP contribution in [-0.4, -0.2) is 30.9 Å². The molecule has 0 atom stereocenters. The van der Waals surface area contributed by atoms with Crippen molar-refractivity contribution in [3.63, 3.8) is 0 Å². The highest BCUT2D eigenvalue weighted by atomic mass is 79.9. The maximum atomic E-state index is 12.5. The summed E-state index contributed by atoms with van der Waals surface area (Å²) in [5.74, 6) is 1.31. The van der Waals surface area contributed by atoms with E-state index in [1.807, 2.05) is 36.4 Å². The average molecular weight is 388 g/mol. The number of rotatable bonds is 5. The van der Waals surface area contributed by atoms with Crippen molar-refractivity contribution in [3.05, 3.63) is 64.1 Å². The maximum Gasteiger partial charge on any atom is 0.166 e. The summed E-state index contributed by atoms with van der Waals surface area (Å²) < 4.78 is 6.26. The molecule has 0 unspecified atom stereocenters. The molecule has 3 rings (SSSR count). The Labute approximate surface area is 151 Å². The van der Waals surface area contributed by atoms with Crippen molar-refractivity contribution in [3.8, 4) is 5.75 Å². The Balaban J connectivity index is 1.55. The molecule has 0 radical (unpaired) electrons. The van der Waals surface area contributed by atoms with Crippen LogP contribution in [0, 0.1) is 5.92 Å². The van der Waals surface area contributed by atoms with E-state index >= 15 is 0 Å². The lowest BCUT2D eigenvalue weighted by Crippen LogP contribution is -2.35. The van der Waals surface area contributed by atoms with Crippen LogP contribution in [0.4, 0.5) is 0 Å². The van der Waals surface area contributed by atoms with Gasteiger partial charge in [-0.25, -0.2) is 0 Å². The number of piperidine rings is 1. The van der Waals surface area contributed by atoms with Crippen molar-refractivity contribution in [2.75, 3.05) is 20.2 Å². The molecule has 1 aliphatic rings. The van der Waals surface area contributed by atoms with E-state index in [9.17, 15) is 4.79 Å². The predicted molar refractivity (Wildman–Crippen MR) is 99.5 cm³/mol. The Bertz CT molecular complexity index is 694. The van der Waals surface area contributed by atoms with E-state index in [0.717, 1.165) is 48.3 Å². The standard InChI is InChI=1S/C20H22BrNO2/c1-24-19-8-7-15(13-18(19)21)14-22-11-9-17(10-12-22)20(23)16-5-3-2-4-6-16/h2-8,13,17H,9-12,14H2,1H3. The van der Waals surface area contributed by atoms with Crippen LogP contribution in [0.15, 0.2) is 53.0 Å². The molecule has 0 aliphatic carbocycles. The fraction of sp³-hybridized carbons (Fsp3) is 0.350. The van der Waals surface area contributed by atoms with Crippen LogP contribution in [0.25, 0.3) is 0 Å². The quantitative estimate of drug-likeness (QED) is 0.704. The minimum atomic E-state index is 0.159. The number of carbonyl (C=O) groups excluding carboxylic acids is 1. The number of methoxy groups -OCH3 is 1. The second kappa shape index (κ2) is 7.95. The minimum absolute atomic E-state index is 0.159. The highest BCUT2D eigenvalue weighted by Crippen LogP contribution is 2.27. The van der Waals surface area contributed by atoms with Gasteiger partial charge in [0.25, 0.3) is 0 Å². The SMILES string of the molecule is COc1ccc(CN2CCC(C(=O)c3ccccc3)CC2)cc1Br. The summed E-state index contributed by atoms with van der Waals surface area (Å²) in [4.78, 5) is 15.0. The van der Waals surface area contributed by atoms with Gasteiger partial charge in [-0.15, -0.1) is 0 Å². The van der Waals surface area contributed by atoms with Gasteiger partial charge in [-0.05, 0) is 59.6 Å². The number of halogens is 1. The Morgan fingerprint density at radius 3 is 2.50 bits per heavy atom. The highest BCUT2D eigenvalue weighted by molar-refractivity contribution is 9.10. The molecule has 3 nitrogen and oxygen atoms in total. The number of Topliss-reactive ketones (excluding diaryl/α,β-unsaturated/α-hetero) is 1. The lowest BCUT2D eigenvalue weighted by Gasteiger charge is -2.31. The molecule has 0 aromatic heterocycles. The van der Waals surface area contributed by atoms with Gasteiger partial charge in [0, 0.05) is 18.0 Å². The molecule has 1 saturated heterocycles. The second-order valence-electron chi connectivity index (χ2n) is 6.25. The van der Waals surface area contributed by atoms with E-state index in [1.165, 1.54) is 5.56 Å². The van der Waals surface area contributed by atoms with E-state index in [4.69, 9.17) is 4.74 Å². The third-order valence-electron chi connectivity index (χ3n) is 4.64. The van der Waals surface area contributed by atoms with Crippen molar-refractivity contribution >= 4 is 21.7 Å². The van der Waals surface area contributed by atoms with Crippen LogP contribution in [-0.2, 0) is 6.54 Å². The van der Waals surface area contributed by atoms with Gasteiger partial charge in [-0.3, -0.25) is 9.69 Å². The van der Waals surface area contributed by atoms with Crippen LogP contribution in [0.2, 0.25) is 0 Å². The fourth-order valence-electron chi connectivity index (χ4n) is 3.26. The topological polar surface area (TPSA) is 29.5 Å². The van der Waals surface area contributed by atoms with Crippen molar-refractivity contribution in [2.45, 2.75) is 19.4 Å². The monoisotopic (exact) mass is 387 g/mol. The number of benzene rings is 2. The van der Waals surface area contributed by atoms with Gasteiger partial charge in [0.15, 0.2) is 5.78 Å². The molecule has 1 heterocycles. The Morgan fingerprint density at radius 2 is 1.88 bits per heavy atom. The van der Waals surface area contributed by atoms with Gasteiger partial charge in [0.05, 0.1) is 11.6 Å². The van der Waals surface area contributed by atoms with Gasteiger partial charge >= 0.3 is 0 Å². The summed E-state index contributed by atoms with van der Waals surface area (Å²) in [6.45, 7) is 2.84. The van der Waals surface area contributed by atoms with Crippen molar-refractivity contribution in [2.24, 2.45) is 5.92 Å². The number of carbonyl (C=O) groups is 1. The van der Waals surface area contributed by atoms with Crippen LogP contribution in [0.1, 0.15) is 28.8 Å². The first-order valence-electron chi connectivity index (χ1n) is 8.31. The molecule has 24 heavy (non-hydrogen) atoms. The van der Waals surface area contributed by atoms with Crippen LogP contribution >= 0.6 is 15.9 Å². The normalized spacial score (nSPS) is 16.1. The molecule has 2 aromatic rings. The molecule has 0 spiro atoms. The van der Waals surface area contributed by atoms with Gasteiger partial charge in [0.1, 0.15) is 5.75 Å². The fourth-order valence-corrected chi connectivity index (χ4v) is 3.85. The van der Waals surface area contributed by atoms with Gasteiger partial charge < -0.3 is 4.74 Å². The smallest absolute Gasteiger partial charge is 0.166 e. The largest absolute Gasteiger partial charge is 0.496 e. The van der Waals surface area contributed by atoms with Crippen LogP contribution in [0.5, 0.6) is 5.75 Å². The zero-order valence-electron chi connectivity index (χ0n) is 13.9. The van der Waals surface area contributed by atoms with Crippen LogP contribution in [0.3, 0.4) is 0 Å². The molecular formula is C20H22BrNO2. The van der Waals surface area contributed by atoms with Crippen molar-refractivity contribution in [1.82, 2.24) is 4.90 Å². The summed E-state index contributed by atoms with van der Waals surface area (Å²) in [6.07, 6.45) is 1.87. The van der Waals surface area contributed by atoms with E-state index in [2.05, 4.69) is 33.0 Å². The third kappa shape index (κ3) is 4.05. The molecule has 2 aromatic carbocycles. The Kier molecular flexibility index (Phi) is 5.69.